The molecule has 0 radical (unpaired) electrons. The minimum atomic E-state index is -0.291. The number of aromatic nitrogens is 3. The molecule has 1 N–H and O–H groups in total. The van der Waals surface area contributed by atoms with Gasteiger partial charge in [0.2, 0.25) is 0 Å². The number of anilines is 3. The van der Waals surface area contributed by atoms with Gasteiger partial charge in [0.25, 0.3) is 0 Å². The van der Waals surface area contributed by atoms with E-state index in [2.05, 4.69) is 38.2 Å². The van der Waals surface area contributed by atoms with E-state index in [4.69, 9.17) is 4.98 Å². The molecule has 2 bridgehead atoms. The summed E-state index contributed by atoms with van der Waals surface area (Å²) in [4.78, 5) is 34.5. The molecule has 8 nitrogen and oxygen atoms in total. The predicted octanol–water partition coefficient (Wildman–Crippen LogP) is 0.626. The Morgan fingerprint density at radius 3 is 2.57 bits per heavy atom. The number of piperidine rings is 1. The molecular weight excluding hydrogens is 573 g/mol. The van der Waals surface area contributed by atoms with E-state index in [0.29, 0.717) is 18.0 Å². The number of halogens is 1. The Balaban J connectivity index is 1.24. The quantitative estimate of drug-likeness (QED) is 0.327. The van der Waals surface area contributed by atoms with Gasteiger partial charge in [-0.05, 0) is 13.5 Å². The van der Waals surface area contributed by atoms with Crippen molar-refractivity contribution < 1.29 is 26.0 Å². The van der Waals surface area contributed by atoms with Gasteiger partial charge in [0.15, 0.2) is 0 Å². The van der Waals surface area contributed by atoms with Gasteiger partial charge in [-0.2, -0.15) is 0 Å². The summed E-state index contributed by atoms with van der Waals surface area (Å²) in [7, 11) is 5.87. The van der Waals surface area contributed by atoms with Crippen LogP contribution in [0.25, 0.3) is 10.2 Å². The maximum absolute atomic E-state index is 13.0. The third-order valence-corrected chi connectivity index (χ3v) is 12.7. The van der Waals surface area contributed by atoms with Crippen molar-refractivity contribution in [2.24, 2.45) is 0 Å². The van der Waals surface area contributed by atoms with Crippen molar-refractivity contribution in [3.05, 3.63) is 33.0 Å². The maximum atomic E-state index is 13.0. The SMILES string of the molecule is CN(C)C(=O)c1sc2cnc(Nc3ccc(N4CC5CC(C4)N5C)cn3)nc2c1[I-]C1CCCC1. The van der Waals surface area contributed by atoms with Gasteiger partial charge in [0.1, 0.15) is 0 Å². The van der Waals surface area contributed by atoms with Crippen LogP contribution in [0, 0.1) is 3.57 Å². The Labute approximate surface area is 220 Å². The first-order valence-electron chi connectivity index (χ1n) is 12.3. The zero-order valence-electron chi connectivity index (χ0n) is 20.4. The molecule has 1 saturated carbocycles. The van der Waals surface area contributed by atoms with Crippen molar-refractivity contribution in [1.82, 2.24) is 24.8 Å². The van der Waals surface area contributed by atoms with Crippen LogP contribution in [-0.4, -0.2) is 80.9 Å². The van der Waals surface area contributed by atoms with Crippen molar-refractivity contribution >= 4 is 44.9 Å². The van der Waals surface area contributed by atoms with Gasteiger partial charge in [0.05, 0.1) is 0 Å². The molecule has 0 aromatic carbocycles. The first-order chi connectivity index (χ1) is 17.0. The fraction of sp³-hybridized carbons (Fsp3) is 0.520. The van der Waals surface area contributed by atoms with E-state index in [0.717, 1.165) is 37.9 Å². The van der Waals surface area contributed by atoms with E-state index < -0.39 is 0 Å². The van der Waals surface area contributed by atoms with Crippen LogP contribution < -0.4 is 31.4 Å². The molecule has 1 aliphatic carbocycles. The Hall–Kier alpha value is -2.05. The normalized spacial score (nSPS) is 22.5. The van der Waals surface area contributed by atoms with Gasteiger partial charge in [0, 0.05) is 0 Å². The number of amides is 1. The second kappa shape index (κ2) is 9.44. The molecule has 35 heavy (non-hydrogen) atoms. The number of nitrogens with one attached hydrogen (secondary N) is 1. The molecule has 2 unspecified atom stereocenters. The van der Waals surface area contributed by atoms with Crippen molar-refractivity contribution in [1.29, 1.82) is 0 Å². The topological polar surface area (TPSA) is 77.5 Å². The number of fused-ring (bicyclic) bond motifs is 3. The van der Waals surface area contributed by atoms with Crippen LogP contribution in [0.1, 0.15) is 41.8 Å². The summed E-state index contributed by atoms with van der Waals surface area (Å²) in [6.45, 7) is 2.14. The zero-order chi connectivity index (χ0) is 24.1. The summed E-state index contributed by atoms with van der Waals surface area (Å²) < 4.78 is 2.92. The summed E-state index contributed by atoms with van der Waals surface area (Å²) in [5.74, 6) is 1.35. The molecule has 10 heteroatoms. The molecule has 1 amide bonds. The van der Waals surface area contributed by atoms with Crippen molar-refractivity contribution in [2.45, 2.75) is 48.1 Å². The molecule has 3 aliphatic heterocycles. The van der Waals surface area contributed by atoms with E-state index in [1.165, 1.54) is 52.7 Å². The summed E-state index contributed by atoms with van der Waals surface area (Å²) in [5.41, 5.74) is 2.12. The van der Waals surface area contributed by atoms with Crippen molar-refractivity contribution in [3.8, 4) is 0 Å². The molecule has 3 aromatic heterocycles. The summed E-state index contributed by atoms with van der Waals surface area (Å²) >= 11 is 1.25. The molecule has 2 atom stereocenters. The summed E-state index contributed by atoms with van der Waals surface area (Å²) in [5, 5.41) is 3.29. The number of likely N-dealkylation sites (N-methyl/N-ethyl adjacent to an activating group) is 1. The van der Waals surface area contributed by atoms with E-state index >= 15 is 0 Å². The van der Waals surface area contributed by atoms with Crippen LogP contribution in [0.2, 0.25) is 0 Å². The fourth-order valence-electron chi connectivity index (χ4n) is 5.28. The van der Waals surface area contributed by atoms with Gasteiger partial charge < -0.3 is 0 Å². The Bertz CT molecular complexity index is 1230. The second-order valence-corrected chi connectivity index (χ2v) is 14.5. The number of hydrogen-bond donors (Lipinski definition) is 1. The van der Waals surface area contributed by atoms with Gasteiger partial charge >= 0.3 is 203 Å². The van der Waals surface area contributed by atoms with Gasteiger partial charge in [-0.1, -0.05) is 0 Å². The van der Waals surface area contributed by atoms with E-state index in [-0.39, 0.29) is 27.1 Å². The average Bonchev–Trinajstić information content (AvgIpc) is 3.52. The number of pyridine rings is 1. The third-order valence-electron chi connectivity index (χ3n) is 7.43. The molecule has 6 heterocycles. The molecule has 4 fully saturated rings. The number of piperazine rings is 1. The number of hydrogen-bond acceptors (Lipinski definition) is 8. The number of alkyl halides is 1. The second-order valence-electron chi connectivity index (χ2n) is 9.98. The van der Waals surface area contributed by atoms with Crippen LogP contribution in [0.15, 0.2) is 24.5 Å². The standard InChI is InChI=1S/C25H31IN7OS/c1-31(2)24(34)23-21(26-15-6-4-5-7-15)22-19(35-23)12-28-25(30-22)29-20-9-8-16(11-27-20)33-13-17-10-18(14-33)32(17)3/h8-9,11-12,15,17-18H,4-7,10,13-14H2,1-3H3,(H,27,28,29,30)/q-1. The number of carbonyl (C=O) groups excluding carboxylic acids is 1. The van der Waals surface area contributed by atoms with E-state index in [9.17, 15) is 4.79 Å². The first kappa shape index (κ1) is 23.4. The van der Waals surface area contributed by atoms with E-state index in [1.54, 1.807) is 4.90 Å². The summed E-state index contributed by atoms with van der Waals surface area (Å²) in [6, 6.07) is 5.48. The van der Waals surface area contributed by atoms with Crippen molar-refractivity contribution in [3.63, 3.8) is 0 Å². The van der Waals surface area contributed by atoms with E-state index in [1.807, 2.05) is 32.6 Å². The van der Waals surface area contributed by atoms with Crippen LogP contribution >= 0.6 is 11.3 Å². The summed E-state index contributed by atoms with van der Waals surface area (Å²) in [6.07, 6.45) is 10.3. The zero-order valence-corrected chi connectivity index (χ0v) is 23.3. The first-order valence-corrected chi connectivity index (χ1v) is 15.4. The Morgan fingerprint density at radius 2 is 1.91 bits per heavy atom. The molecular formula is C25H31IN7OS-. The third kappa shape index (κ3) is 4.48. The molecule has 186 valence electrons. The monoisotopic (exact) mass is 604 g/mol. The minimum absolute atomic E-state index is 0.0778. The molecule has 3 aromatic rings. The molecule has 3 saturated heterocycles. The van der Waals surface area contributed by atoms with Gasteiger partial charge in [-0.15, -0.1) is 0 Å². The van der Waals surface area contributed by atoms with Crippen LogP contribution in [-0.2, 0) is 0 Å². The number of carbonyl (C=O) groups is 1. The predicted molar refractivity (Wildman–Crippen MR) is 136 cm³/mol. The number of rotatable bonds is 6. The molecule has 0 spiro atoms. The van der Waals surface area contributed by atoms with Gasteiger partial charge in [-0.25, -0.2) is 0 Å². The number of nitrogens with zero attached hydrogens (tertiary/aromatic N) is 6. The number of thiophene rings is 1. The van der Waals surface area contributed by atoms with Crippen molar-refractivity contribution in [2.75, 3.05) is 44.4 Å². The average molecular weight is 605 g/mol. The van der Waals surface area contributed by atoms with Crippen LogP contribution in [0.5, 0.6) is 0 Å². The molecule has 7 rings (SSSR count). The van der Waals surface area contributed by atoms with Crippen LogP contribution in [0.4, 0.5) is 17.5 Å². The van der Waals surface area contributed by atoms with Crippen LogP contribution in [0.3, 0.4) is 0 Å². The van der Waals surface area contributed by atoms with Gasteiger partial charge in [-0.3, -0.25) is 4.90 Å². The molecule has 4 aliphatic rings. The Kier molecular flexibility index (Phi) is 6.30. The Morgan fingerprint density at radius 1 is 1.14 bits per heavy atom. The fourth-order valence-corrected chi connectivity index (χ4v) is 10.7.